The Balaban J connectivity index is 1.77. The fraction of sp³-hybridized carbons (Fsp3) is 0.583. The van der Waals surface area contributed by atoms with E-state index in [0.717, 1.165) is 31.5 Å². The van der Waals surface area contributed by atoms with E-state index in [1.807, 2.05) is 6.07 Å². The van der Waals surface area contributed by atoms with Crippen molar-refractivity contribution in [2.75, 3.05) is 20.1 Å². The quantitative estimate of drug-likeness (QED) is 0.759. The van der Waals surface area contributed by atoms with Crippen molar-refractivity contribution in [2.24, 2.45) is 0 Å². The van der Waals surface area contributed by atoms with E-state index in [1.54, 1.807) is 12.3 Å². The van der Waals surface area contributed by atoms with Crippen LogP contribution in [0, 0.1) is 0 Å². The summed E-state index contributed by atoms with van der Waals surface area (Å²) in [5.74, 6) is 0. The number of nitrogens with zero attached hydrogens (tertiary/aromatic N) is 2. The van der Waals surface area contributed by atoms with Gasteiger partial charge in [-0.2, -0.15) is 0 Å². The van der Waals surface area contributed by atoms with Gasteiger partial charge in [0.1, 0.15) is 5.15 Å². The highest BCUT2D eigenvalue weighted by molar-refractivity contribution is 6.29. The first-order valence-corrected chi connectivity index (χ1v) is 6.02. The zero-order valence-electron chi connectivity index (χ0n) is 9.53. The Kier molecular flexibility index (Phi) is 4.16. The van der Waals surface area contributed by atoms with Gasteiger partial charge in [0, 0.05) is 19.3 Å². The third-order valence-corrected chi connectivity index (χ3v) is 3.16. The molecule has 0 aliphatic carbocycles. The molecule has 0 amide bonds. The van der Waals surface area contributed by atoms with Crippen molar-refractivity contribution >= 4 is 11.6 Å². The average molecular weight is 241 g/mol. The first-order valence-electron chi connectivity index (χ1n) is 5.64. The van der Waals surface area contributed by atoms with Crippen molar-refractivity contribution in [2.45, 2.75) is 25.6 Å². The van der Waals surface area contributed by atoms with Gasteiger partial charge in [0.25, 0.3) is 0 Å². The summed E-state index contributed by atoms with van der Waals surface area (Å²) < 4.78 is 5.85. The summed E-state index contributed by atoms with van der Waals surface area (Å²) in [7, 11) is 2.15. The van der Waals surface area contributed by atoms with E-state index in [-0.39, 0.29) is 0 Å². The van der Waals surface area contributed by atoms with Crippen LogP contribution in [0.15, 0.2) is 18.3 Å². The van der Waals surface area contributed by atoms with E-state index < -0.39 is 0 Å². The van der Waals surface area contributed by atoms with Gasteiger partial charge < -0.3 is 9.64 Å². The van der Waals surface area contributed by atoms with Crippen LogP contribution in [0.5, 0.6) is 0 Å². The Morgan fingerprint density at radius 2 is 2.19 bits per heavy atom. The van der Waals surface area contributed by atoms with E-state index in [1.165, 1.54) is 0 Å². The molecule has 0 atom stereocenters. The second-order valence-electron chi connectivity index (χ2n) is 4.30. The normalized spacial score (nSPS) is 18.9. The SMILES string of the molecule is CN1CCC(OCc2ccc(Cl)nc2)CC1. The summed E-state index contributed by atoms with van der Waals surface area (Å²) in [5.41, 5.74) is 1.09. The Labute approximate surface area is 101 Å². The highest BCUT2D eigenvalue weighted by atomic mass is 35.5. The Hall–Kier alpha value is -0.640. The predicted molar refractivity (Wildman–Crippen MR) is 64.6 cm³/mol. The largest absolute Gasteiger partial charge is 0.373 e. The molecule has 4 heteroatoms. The molecule has 1 aromatic rings. The molecule has 0 saturated carbocycles. The molecular weight excluding hydrogens is 224 g/mol. The van der Waals surface area contributed by atoms with Crippen LogP contribution in [0.1, 0.15) is 18.4 Å². The van der Waals surface area contributed by atoms with Crippen molar-refractivity contribution in [3.8, 4) is 0 Å². The molecule has 0 bridgehead atoms. The smallest absolute Gasteiger partial charge is 0.129 e. The molecule has 0 unspecified atom stereocenters. The second-order valence-corrected chi connectivity index (χ2v) is 4.69. The third kappa shape index (κ3) is 3.44. The maximum Gasteiger partial charge on any atom is 0.129 e. The molecule has 2 rings (SSSR count). The molecule has 0 N–H and O–H groups in total. The Bertz CT molecular complexity index is 320. The summed E-state index contributed by atoms with van der Waals surface area (Å²) >= 11 is 5.72. The summed E-state index contributed by atoms with van der Waals surface area (Å²) in [6.07, 6.45) is 4.42. The molecule has 0 aromatic carbocycles. The highest BCUT2D eigenvalue weighted by Gasteiger charge is 2.16. The molecule has 1 aliphatic rings. The lowest BCUT2D eigenvalue weighted by molar-refractivity contribution is 0.00203. The van der Waals surface area contributed by atoms with Gasteiger partial charge in [-0.1, -0.05) is 17.7 Å². The van der Waals surface area contributed by atoms with Crippen LogP contribution in [0.25, 0.3) is 0 Å². The topological polar surface area (TPSA) is 25.4 Å². The fourth-order valence-corrected chi connectivity index (χ4v) is 1.97. The minimum Gasteiger partial charge on any atom is -0.373 e. The number of aromatic nitrogens is 1. The number of piperidine rings is 1. The molecule has 1 aromatic heterocycles. The zero-order chi connectivity index (χ0) is 11.4. The van der Waals surface area contributed by atoms with Gasteiger partial charge in [-0.15, -0.1) is 0 Å². The molecule has 0 spiro atoms. The van der Waals surface area contributed by atoms with Crippen LogP contribution in [-0.4, -0.2) is 36.1 Å². The Morgan fingerprint density at radius 3 is 2.81 bits per heavy atom. The van der Waals surface area contributed by atoms with E-state index in [2.05, 4.69) is 16.9 Å². The summed E-state index contributed by atoms with van der Waals surface area (Å²) in [4.78, 5) is 6.37. The molecule has 1 aliphatic heterocycles. The summed E-state index contributed by atoms with van der Waals surface area (Å²) in [6, 6.07) is 3.76. The number of hydrogen-bond acceptors (Lipinski definition) is 3. The van der Waals surface area contributed by atoms with Crippen molar-refractivity contribution < 1.29 is 4.74 Å². The van der Waals surface area contributed by atoms with Crippen molar-refractivity contribution in [1.29, 1.82) is 0 Å². The number of pyridine rings is 1. The molecular formula is C12H17ClN2O. The minimum absolute atomic E-state index is 0.395. The van der Waals surface area contributed by atoms with Crippen LogP contribution in [-0.2, 0) is 11.3 Å². The van der Waals surface area contributed by atoms with Crippen LogP contribution in [0.2, 0.25) is 5.15 Å². The molecule has 16 heavy (non-hydrogen) atoms. The van der Waals surface area contributed by atoms with Gasteiger partial charge in [-0.05, 0) is 31.5 Å². The minimum atomic E-state index is 0.395. The number of ether oxygens (including phenoxy) is 1. The highest BCUT2D eigenvalue weighted by Crippen LogP contribution is 2.14. The monoisotopic (exact) mass is 240 g/mol. The lowest BCUT2D eigenvalue weighted by atomic mass is 10.1. The van der Waals surface area contributed by atoms with Gasteiger partial charge >= 0.3 is 0 Å². The van der Waals surface area contributed by atoms with Gasteiger partial charge in [0.15, 0.2) is 0 Å². The molecule has 3 nitrogen and oxygen atoms in total. The van der Waals surface area contributed by atoms with Crippen molar-refractivity contribution in [3.05, 3.63) is 29.0 Å². The maximum absolute atomic E-state index is 5.85. The van der Waals surface area contributed by atoms with Gasteiger partial charge in [0.05, 0.1) is 12.7 Å². The number of halogens is 1. The first kappa shape index (κ1) is 11.8. The summed E-state index contributed by atoms with van der Waals surface area (Å²) in [6.45, 7) is 2.89. The van der Waals surface area contributed by atoms with E-state index in [4.69, 9.17) is 16.3 Å². The lowest BCUT2D eigenvalue weighted by Gasteiger charge is -2.28. The Morgan fingerprint density at radius 1 is 1.44 bits per heavy atom. The molecule has 1 fully saturated rings. The second kappa shape index (κ2) is 5.62. The van der Waals surface area contributed by atoms with Crippen LogP contribution >= 0.6 is 11.6 Å². The predicted octanol–water partition coefficient (Wildman–Crippen LogP) is 2.35. The van der Waals surface area contributed by atoms with Gasteiger partial charge in [0.2, 0.25) is 0 Å². The first-order chi connectivity index (χ1) is 7.74. The van der Waals surface area contributed by atoms with Crippen LogP contribution in [0.3, 0.4) is 0 Å². The zero-order valence-corrected chi connectivity index (χ0v) is 10.3. The van der Waals surface area contributed by atoms with Crippen molar-refractivity contribution in [3.63, 3.8) is 0 Å². The molecule has 2 heterocycles. The van der Waals surface area contributed by atoms with Gasteiger partial charge in [-0.3, -0.25) is 0 Å². The summed E-state index contributed by atoms with van der Waals surface area (Å²) in [5, 5.41) is 0.531. The maximum atomic E-state index is 5.85. The number of rotatable bonds is 3. The van der Waals surface area contributed by atoms with Crippen LogP contribution in [0.4, 0.5) is 0 Å². The lowest BCUT2D eigenvalue weighted by Crippen LogP contribution is -2.34. The fourth-order valence-electron chi connectivity index (χ4n) is 1.86. The number of hydrogen-bond donors (Lipinski definition) is 0. The van der Waals surface area contributed by atoms with Gasteiger partial charge in [-0.25, -0.2) is 4.98 Å². The van der Waals surface area contributed by atoms with E-state index >= 15 is 0 Å². The van der Waals surface area contributed by atoms with Crippen LogP contribution < -0.4 is 0 Å². The standard InChI is InChI=1S/C12H17ClN2O/c1-15-6-4-11(5-7-15)16-9-10-2-3-12(13)14-8-10/h2-3,8,11H,4-7,9H2,1H3. The van der Waals surface area contributed by atoms with Crippen molar-refractivity contribution in [1.82, 2.24) is 9.88 Å². The molecule has 1 saturated heterocycles. The third-order valence-electron chi connectivity index (χ3n) is 2.94. The molecule has 88 valence electrons. The van der Waals surface area contributed by atoms with E-state index in [0.29, 0.717) is 17.9 Å². The number of likely N-dealkylation sites (tertiary alicyclic amines) is 1. The average Bonchev–Trinajstić information content (AvgIpc) is 2.30. The molecule has 0 radical (unpaired) electrons. The van der Waals surface area contributed by atoms with E-state index in [9.17, 15) is 0 Å².